The first kappa shape index (κ1) is 22.3. The molecule has 8 nitrogen and oxygen atoms in total. The van der Waals surface area contributed by atoms with Crippen molar-refractivity contribution >= 4 is 39.8 Å². The minimum atomic E-state index is -0.296. The van der Waals surface area contributed by atoms with E-state index in [4.69, 9.17) is 0 Å². The van der Waals surface area contributed by atoms with Gasteiger partial charge in [0, 0.05) is 17.6 Å². The lowest BCUT2D eigenvalue weighted by atomic mass is 10.1. The van der Waals surface area contributed by atoms with E-state index in [-0.39, 0.29) is 24.0 Å². The van der Waals surface area contributed by atoms with E-state index in [0.29, 0.717) is 44.9 Å². The topological polar surface area (TPSA) is 107 Å². The fourth-order valence-corrected chi connectivity index (χ4v) is 4.77. The number of aromatic hydroxyl groups is 1. The highest BCUT2D eigenvalue weighted by Gasteiger charge is 2.41. The quantitative estimate of drug-likeness (QED) is 0.439. The third-order valence-electron chi connectivity index (χ3n) is 6.16. The van der Waals surface area contributed by atoms with Crippen LogP contribution in [0, 0.1) is 13.8 Å². The van der Waals surface area contributed by atoms with Crippen LogP contribution < -0.4 is 10.6 Å². The average Bonchev–Trinajstić information content (AvgIpc) is 3.75. The molecule has 2 heterocycles. The molecule has 3 aromatic rings. The largest absolute Gasteiger partial charge is 0.508 e. The smallest absolute Gasteiger partial charge is 0.267 e. The van der Waals surface area contributed by atoms with E-state index in [1.807, 2.05) is 25.1 Å². The molecule has 9 heteroatoms. The Balaban J connectivity index is 1.24. The van der Waals surface area contributed by atoms with Crippen molar-refractivity contribution in [3.05, 3.63) is 58.2 Å². The second-order valence-corrected chi connectivity index (χ2v) is 10.00. The van der Waals surface area contributed by atoms with Crippen LogP contribution in [0.25, 0.3) is 0 Å². The van der Waals surface area contributed by atoms with E-state index < -0.39 is 0 Å². The molecule has 3 N–H and O–H groups in total. The number of hydrogen-bond donors (Lipinski definition) is 3. The number of phenolic OH excluding ortho intramolecular Hbond substituents is 1. The Kier molecular flexibility index (Phi) is 5.95. The maximum atomic E-state index is 12.8. The van der Waals surface area contributed by atoms with Crippen molar-refractivity contribution in [2.75, 3.05) is 10.6 Å². The number of amides is 2. The van der Waals surface area contributed by atoms with Crippen LogP contribution in [-0.4, -0.2) is 43.9 Å². The van der Waals surface area contributed by atoms with E-state index in [0.717, 1.165) is 31.2 Å². The van der Waals surface area contributed by atoms with Crippen LogP contribution in [0.5, 0.6) is 5.75 Å². The fourth-order valence-electron chi connectivity index (χ4n) is 4.05. The molecule has 0 bridgehead atoms. The predicted octanol–water partition coefficient (Wildman–Crippen LogP) is 4.55. The molecule has 0 spiro atoms. The molecule has 5 rings (SSSR count). The zero-order valence-corrected chi connectivity index (χ0v) is 20.0. The third-order valence-corrected chi connectivity index (χ3v) is 7.07. The molecular weight excluding hydrogens is 450 g/mol. The second-order valence-electron chi connectivity index (χ2n) is 8.96. The van der Waals surface area contributed by atoms with Gasteiger partial charge < -0.3 is 20.6 Å². The fraction of sp³-hybridized carbons (Fsp3) is 0.360. The van der Waals surface area contributed by atoms with Crippen LogP contribution in [0.3, 0.4) is 0 Å². The molecule has 176 valence electrons. The summed E-state index contributed by atoms with van der Waals surface area (Å²) in [4.78, 5) is 37.0. The number of aryl methyl sites for hydroxylation is 1. The molecule has 0 saturated heterocycles. The summed E-state index contributed by atoms with van der Waals surface area (Å²) in [7, 11) is 0. The Morgan fingerprint density at radius 3 is 2.56 bits per heavy atom. The van der Waals surface area contributed by atoms with Crippen molar-refractivity contribution in [2.24, 2.45) is 0 Å². The van der Waals surface area contributed by atoms with Crippen molar-refractivity contribution in [3.8, 4) is 5.75 Å². The van der Waals surface area contributed by atoms with E-state index in [1.54, 1.807) is 19.1 Å². The van der Waals surface area contributed by atoms with E-state index >= 15 is 0 Å². The summed E-state index contributed by atoms with van der Waals surface area (Å²) in [6.45, 7) is 3.63. The Morgan fingerprint density at radius 1 is 1.12 bits per heavy atom. The monoisotopic (exact) mass is 477 g/mol. The Bertz CT molecular complexity index is 1240. The molecule has 0 aliphatic heterocycles. The van der Waals surface area contributed by atoms with Crippen LogP contribution in [-0.2, 0) is 11.2 Å². The first-order chi connectivity index (χ1) is 16.4. The van der Waals surface area contributed by atoms with Crippen LogP contribution in [0.1, 0.15) is 52.2 Å². The number of carbonyl (C=O) groups is 2. The molecule has 34 heavy (non-hydrogen) atoms. The maximum absolute atomic E-state index is 12.8. The molecule has 2 aliphatic rings. The van der Waals surface area contributed by atoms with Gasteiger partial charge in [-0.1, -0.05) is 23.5 Å². The number of aromatic nitrogens is 2. The molecule has 2 saturated carbocycles. The van der Waals surface area contributed by atoms with E-state index in [1.165, 1.54) is 17.5 Å². The molecule has 0 radical (unpaired) electrons. The summed E-state index contributed by atoms with van der Waals surface area (Å²) in [6, 6.07) is 9.76. The number of thiazole rings is 1. The van der Waals surface area contributed by atoms with Crippen molar-refractivity contribution < 1.29 is 14.7 Å². The van der Waals surface area contributed by atoms with Gasteiger partial charge in [0.1, 0.15) is 16.4 Å². The molecule has 2 aromatic heterocycles. The molecule has 2 aliphatic carbocycles. The van der Waals surface area contributed by atoms with Crippen LogP contribution in [0.15, 0.2) is 36.5 Å². The number of pyridine rings is 1. The van der Waals surface area contributed by atoms with Crippen molar-refractivity contribution in [3.63, 3.8) is 0 Å². The number of anilines is 3. The normalized spacial score (nSPS) is 15.1. The van der Waals surface area contributed by atoms with Gasteiger partial charge >= 0.3 is 0 Å². The zero-order chi connectivity index (χ0) is 23.8. The van der Waals surface area contributed by atoms with Gasteiger partial charge in [0.15, 0.2) is 5.13 Å². The number of carbonyl (C=O) groups excluding carboxylic acids is 2. The maximum Gasteiger partial charge on any atom is 0.267 e. The number of rotatable bonds is 8. The van der Waals surface area contributed by atoms with Gasteiger partial charge in [-0.25, -0.2) is 9.97 Å². The van der Waals surface area contributed by atoms with Gasteiger partial charge in [0.2, 0.25) is 5.91 Å². The SMILES string of the molecule is Cc1ccc(O)c(C)c1NC(=O)c1cnc(Nc2cccc(CC(=O)N(C3CC3)C3CC3)n2)s1. The first-order valence-corrected chi connectivity index (χ1v) is 12.3. The molecule has 2 fully saturated rings. The van der Waals surface area contributed by atoms with Gasteiger partial charge in [-0.3, -0.25) is 9.59 Å². The van der Waals surface area contributed by atoms with E-state index in [2.05, 4.69) is 25.5 Å². The lowest BCUT2D eigenvalue weighted by Crippen LogP contribution is -2.36. The molecule has 0 atom stereocenters. The van der Waals surface area contributed by atoms with Gasteiger partial charge in [-0.05, 0) is 63.3 Å². The minimum absolute atomic E-state index is 0.134. The summed E-state index contributed by atoms with van der Waals surface area (Å²) >= 11 is 1.21. The minimum Gasteiger partial charge on any atom is -0.508 e. The molecular formula is C25H27N5O3S. The summed E-state index contributed by atoms with van der Waals surface area (Å²) in [5.74, 6) is 0.570. The predicted molar refractivity (Wildman–Crippen MR) is 132 cm³/mol. The highest BCUT2D eigenvalue weighted by atomic mass is 32.1. The van der Waals surface area contributed by atoms with E-state index in [9.17, 15) is 14.7 Å². The Hall–Kier alpha value is -3.46. The highest BCUT2D eigenvalue weighted by Crippen LogP contribution is 2.37. The van der Waals surface area contributed by atoms with Crippen LogP contribution >= 0.6 is 11.3 Å². The summed E-state index contributed by atoms with van der Waals surface area (Å²) in [5, 5.41) is 16.5. The number of benzene rings is 1. The van der Waals surface area contributed by atoms with Gasteiger partial charge in [0.25, 0.3) is 5.91 Å². The third kappa shape index (κ3) is 4.89. The lowest BCUT2D eigenvalue weighted by Gasteiger charge is -2.22. The summed E-state index contributed by atoms with van der Waals surface area (Å²) in [6.07, 6.45) is 6.25. The number of nitrogens with one attached hydrogen (secondary N) is 2. The highest BCUT2D eigenvalue weighted by molar-refractivity contribution is 7.17. The van der Waals surface area contributed by atoms with Crippen molar-refractivity contribution in [2.45, 2.75) is 58.0 Å². The molecule has 0 unspecified atom stereocenters. The van der Waals surface area contributed by atoms with Gasteiger partial charge in [-0.15, -0.1) is 0 Å². The van der Waals surface area contributed by atoms with Crippen molar-refractivity contribution in [1.29, 1.82) is 0 Å². The second kappa shape index (κ2) is 9.06. The Morgan fingerprint density at radius 2 is 1.85 bits per heavy atom. The van der Waals surface area contributed by atoms with Crippen molar-refractivity contribution in [1.82, 2.24) is 14.9 Å². The zero-order valence-electron chi connectivity index (χ0n) is 19.2. The molecule has 1 aromatic carbocycles. The first-order valence-electron chi connectivity index (χ1n) is 11.5. The van der Waals surface area contributed by atoms with Gasteiger partial charge in [0.05, 0.1) is 24.0 Å². The van der Waals surface area contributed by atoms with Gasteiger partial charge in [-0.2, -0.15) is 0 Å². The standard InChI is InChI=1S/C25H27N5O3S/c1-14-6-11-19(31)15(2)23(14)29-24(33)20-13-26-25(34-20)28-21-5-3-4-16(27-21)12-22(32)30(17-7-8-17)18-9-10-18/h3-6,11,13,17-18,31H,7-10,12H2,1-2H3,(H,29,33)(H,26,27,28). The average molecular weight is 478 g/mol. The molecule has 2 amide bonds. The van der Waals surface area contributed by atoms with Crippen LogP contribution in [0.4, 0.5) is 16.6 Å². The lowest BCUT2D eigenvalue weighted by molar-refractivity contribution is -0.131. The van der Waals surface area contributed by atoms with Crippen LogP contribution in [0.2, 0.25) is 0 Å². The number of nitrogens with zero attached hydrogens (tertiary/aromatic N) is 3. The number of hydrogen-bond acceptors (Lipinski definition) is 7. The summed E-state index contributed by atoms with van der Waals surface area (Å²) < 4.78 is 0. The Labute approximate surface area is 202 Å². The number of phenols is 1. The summed E-state index contributed by atoms with van der Waals surface area (Å²) in [5.41, 5.74) is 2.79.